The van der Waals surface area contributed by atoms with Gasteiger partial charge in [-0.25, -0.2) is 0 Å². The topological polar surface area (TPSA) is 54.0 Å². The van der Waals surface area contributed by atoms with E-state index in [-0.39, 0.29) is 39.3 Å². The number of hydrogen-bond acceptors (Lipinski definition) is 5. The summed E-state index contributed by atoms with van der Waals surface area (Å²) >= 11 is 0. The number of hydrogen-bond donors (Lipinski definition) is 0. The molecule has 0 fully saturated rings. The molecule has 0 aliphatic rings. The Labute approximate surface area is 200 Å². The SMILES string of the molecule is CCOC(C)Oc1ccc(PC(=O)c2c(C)cc(C)cc2C)c(OC(C)OCC)c1.[Li+]. The van der Waals surface area contributed by atoms with E-state index in [0.717, 1.165) is 27.6 Å². The minimum Gasteiger partial charge on any atom is -0.465 e. The van der Waals surface area contributed by atoms with Crippen LogP contribution < -0.4 is 33.6 Å². The number of benzene rings is 2. The zero-order valence-corrected chi connectivity index (χ0v) is 21.0. The molecule has 3 unspecified atom stereocenters. The molecular formula is C24H33LiO5P+. The molecule has 0 N–H and O–H groups in total. The maximum Gasteiger partial charge on any atom is 1.00 e. The molecule has 0 aromatic heterocycles. The summed E-state index contributed by atoms with van der Waals surface area (Å²) in [6.45, 7) is 14.6. The summed E-state index contributed by atoms with van der Waals surface area (Å²) in [4.78, 5) is 13.2. The van der Waals surface area contributed by atoms with Crippen LogP contribution in [0.4, 0.5) is 0 Å². The minimum atomic E-state index is -0.434. The molecule has 0 spiro atoms. The van der Waals surface area contributed by atoms with Crippen molar-refractivity contribution in [2.24, 2.45) is 0 Å². The van der Waals surface area contributed by atoms with Crippen LogP contribution in [0.3, 0.4) is 0 Å². The van der Waals surface area contributed by atoms with Crippen LogP contribution in [0, 0.1) is 20.8 Å². The summed E-state index contributed by atoms with van der Waals surface area (Å²) in [5.74, 6) is 1.21. The Balaban J connectivity index is 0.00000480. The van der Waals surface area contributed by atoms with Gasteiger partial charge in [0.1, 0.15) is 11.5 Å². The van der Waals surface area contributed by atoms with Crippen molar-refractivity contribution in [2.45, 2.75) is 61.0 Å². The Hall–Kier alpha value is -1.34. The summed E-state index contributed by atoms with van der Waals surface area (Å²) in [5.41, 5.74) is 4.04. The first-order valence-corrected chi connectivity index (χ1v) is 11.3. The van der Waals surface area contributed by atoms with E-state index in [9.17, 15) is 4.79 Å². The first-order valence-electron chi connectivity index (χ1n) is 10.3. The molecule has 2 aromatic carbocycles. The normalized spacial score (nSPS) is 13.0. The first kappa shape index (κ1) is 27.7. The molecule has 0 aliphatic carbocycles. The average Bonchev–Trinajstić information content (AvgIpc) is 2.63. The molecule has 2 rings (SSSR count). The van der Waals surface area contributed by atoms with Gasteiger partial charge in [0.2, 0.25) is 0 Å². The summed E-state index contributed by atoms with van der Waals surface area (Å²) in [7, 11) is -0.0680. The van der Waals surface area contributed by atoms with Crippen LogP contribution in [0.25, 0.3) is 0 Å². The van der Waals surface area contributed by atoms with Gasteiger partial charge in [0.05, 0.1) is 0 Å². The molecule has 0 saturated heterocycles. The van der Waals surface area contributed by atoms with Crippen LogP contribution in [0.15, 0.2) is 30.3 Å². The smallest absolute Gasteiger partial charge is 0.465 e. The van der Waals surface area contributed by atoms with Gasteiger partial charge in [-0.15, -0.1) is 0 Å². The van der Waals surface area contributed by atoms with Gasteiger partial charge in [0.15, 0.2) is 18.1 Å². The molecule has 164 valence electrons. The molecule has 0 aliphatic heterocycles. The van der Waals surface area contributed by atoms with E-state index in [2.05, 4.69) is 0 Å². The predicted molar refractivity (Wildman–Crippen MR) is 123 cm³/mol. The van der Waals surface area contributed by atoms with E-state index in [1.54, 1.807) is 6.07 Å². The summed E-state index contributed by atoms with van der Waals surface area (Å²) in [6, 6.07) is 9.63. The van der Waals surface area contributed by atoms with Gasteiger partial charge in [-0.2, -0.15) is 0 Å². The van der Waals surface area contributed by atoms with Gasteiger partial charge in [-0.05, 0) is 80.3 Å². The Morgan fingerprint density at radius 3 is 2.00 bits per heavy atom. The van der Waals surface area contributed by atoms with E-state index in [1.807, 2.05) is 72.7 Å². The Morgan fingerprint density at radius 2 is 1.45 bits per heavy atom. The molecule has 3 atom stereocenters. The van der Waals surface area contributed by atoms with Gasteiger partial charge in [0.25, 0.3) is 0 Å². The second-order valence-corrected chi connectivity index (χ2v) is 8.41. The van der Waals surface area contributed by atoms with E-state index in [0.29, 0.717) is 24.7 Å². The maximum absolute atomic E-state index is 13.2. The number of rotatable bonds is 11. The standard InChI is InChI=1S/C24H33O5P.Li/c1-8-26-18(6)28-20-10-11-22(21(14-20)29-19(7)27-9-2)30-24(25)23-16(4)12-15(3)13-17(23)5;/h10-14,18-19,30H,8-9H2,1-7H3;/q;+1. The molecular weight excluding hydrogens is 406 g/mol. The van der Waals surface area contributed by atoms with Crippen molar-refractivity contribution < 1.29 is 42.6 Å². The number of carbonyl (C=O) groups is 1. The van der Waals surface area contributed by atoms with E-state index in [1.165, 1.54) is 0 Å². The van der Waals surface area contributed by atoms with Crippen molar-refractivity contribution in [3.05, 3.63) is 52.6 Å². The largest absolute Gasteiger partial charge is 1.00 e. The van der Waals surface area contributed by atoms with Crippen LogP contribution >= 0.6 is 8.58 Å². The fourth-order valence-corrected chi connectivity index (χ4v) is 4.59. The van der Waals surface area contributed by atoms with Gasteiger partial charge >= 0.3 is 18.9 Å². The van der Waals surface area contributed by atoms with Crippen molar-refractivity contribution in [3.63, 3.8) is 0 Å². The second-order valence-electron chi connectivity index (χ2n) is 7.17. The molecule has 0 saturated carbocycles. The third-order valence-corrected chi connectivity index (χ3v) is 5.66. The van der Waals surface area contributed by atoms with Crippen LogP contribution in [0.5, 0.6) is 11.5 Å². The zero-order chi connectivity index (χ0) is 22.3. The molecule has 0 radical (unpaired) electrons. The Morgan fingerprint density at radius 1 is 0.903 bits per heavy atom. The number of aryl methyl sites for hydroxylation is 3. The Kier molecular flexibility index (Phi) is 11.8. The van der Waals surface area contributed by atoms with Crippen molar-refractivity contribution in [2.75, 3.05) is 13.2 Å². The third-order valence-electron chi connectivity index (χ3n) is 4.50. The molecule has 7 heteroatoms. The predicted octanol–water partition coefficient (Wildman–Crippen LogP) is 2.28. The van der Waals surface area contributed by atoms with Crippen LogP contribution in [-0.4, -0.2) is 31.3 Å². The molecule has 0 heterocycles. The van der Waals surface area contributed by atoms with Gasteiger partial charge in [-0.3, -0.25) is 4.79 Å². The molecule has 0 amide bonds. The third kappa shape index (κ3) is 8.26. The zero-order valence-electron chi connectivity index (χ0n) is 20.0. The van der Waals surface area contributed by atoms with Gasteiger partial charge in [-0.1, -0.05) is 17.7 Å². The maximum atomic E-state index is 13.2. The van der Waals surface area contributed by atoms with Crippen molar-refractivity contribution in [1.82, 2.24) is 0 Å². The molecule has 31 heavy (non-hydrogen) atoms. The van der Waals surface area contributed by atoms with Crippen LogP contribution in [0.1, 0.15) is 54.7 Å². The first-order chi connectivity index (χ1) is 14.2. The van der Waals surface area contributed by atoms with Gasteiger partial charge < -0.3 is 18.9 Å². The molecule has 0 bridgehead atoms. The number of ether oxygens (including phenoxy) is 4. The number of carbonyl (C=O) groups excluding carboxylic acids is 1. The van der Waals surface area contributed by atoms with Crippen molar-refractivity contribution >= 4 is 19.4 Å². The fourth-order valence-electron chi connectivity index (χ4n) is 3.41. The van der Waals surface area contributed by atoms with E-state index < -0.39 is 6.29 Å². The van der Waals surface area contributed by atoms with Crippen molar-refractivity contribution in [1.29, 1.82) is 0 Å². The quantitative estimate of drug-likeness (QED) is 0.306. The molecule has 2 aromatic rings. The second kappa shape index (κ2) is 13.3. The summed E-state index contributed by atoms with van der Waals surface area (Å²) in [6.07, 6.45) is -0.809. The average molecular weight is 439 g/mol. The van der Waals surface area contributed by atoms with E-state index in [4.69, 9.17) is 18.9 Å². The van der Waals surface area contributed by atoms with E-state index >= 15 is 0 Å². The summed E-state index contributed by atoms with van der Waals surface area (Å²) in [5, 5.41) is 0.822. The Bertz CT molecular complexity index is 848. The van der Waals surface area contributed by atoms with Gasteiger partial charge in [0, 0.05) is 30.1 Å². The molecule has 5 nitrogen and oxygen atoms in total. The summed E-state index contributed by atoms with van der Waals surface area (Å²) < 4.78 is 22.8. The van der Waals surface area contributed by atoms with Crippen LogP contribution in [-0.2, 0) is 9.47 Å². The fraction of sp³-hybridized carbons (Fsp3) is 0.458. The monoisotopic (exact) mass is 439 g/mol. The van der Waals surface area contributed by atoms with Crippen LogP contribution in [0.2, 0.25) is 0 Å². The minimum absolute atomic E-state index is 0. The van der Waals surface area contributed by atoms with Crippen molar-refractivity contribution in [3.8, 4) is 11.5 Å².